The number of esters is 4. The lowest BCUT2D eigenvalue weighted by Crippen LogP contribution is -2.50. The fourth-order valence-corrected chi connectivity index (χ4v) is 11.5. The average Bonchev–Trinajstić information content (AvgIpc) is 3.40. The number of nitrogens with one attached hydrogen (secondary N) is 4. The monoisotopic (exact) mass is 867 g/mol. The van der Waals surface area contributed by atoms with Gasteiger partial charge in [-0.15, -0.1) is 0 Å². The van der Waals surface area contributed by atoms with E-state index in [4.69, 9.17) is 18.9 Å². The molecule has 0 spiro atoms. The summed E-state index contributed by atoms with van der Waals surface area (Å²) in [4.78, 5) is 57.3. The summed E-state index contributed by atoms with van der Waals surface area (Å²) in [5.74, 6) is -4.08. The van der Waals surface area contributed by atoms with Crippen LogP contribution in [0, 0.1) is 23.7 Å². The fraction of sp³-hybridized carbons (Fsp3) is 0.800. The van der Waals surface area contributed by atoms with Crippen LogP contribution in [0.2, 0.25) is 0 Å². The molecule has 0 aliphatic carbocycles. The van der Waals surface area contributed by atoms with Gasteiger partial charge in [-0.25, -0.2) is 0 Å². The van der Waals surface area contributed by atoms with Crippen molar-refractivity contribution in [1.29, 1.82) is 0 Å². The first-order valence-electron chi connectivity index (χ1n) is 23.4. The van der Waals surface area contributed by atoms with Crippen LogP contribution in [0.3, 0.4) is 0 Å². The van der Waals surface area contributed by atoms with Gasteiger partial charge in [0.1, 0.15) is 0 Å². The summed E-state index contributed by atoms with van der Waals surface area (Å²) >= 11 is 0. The molecule has 0 radical (unpaired) electrons. The van der Waals surface area contributed by atoms with E-state index in [0.717, 1.165) is 25.7 Å². The predicted molar refractivity (Wildman–Crippen MR) is 244 cm³/mol. The first-order valence-corrected chi connectivity index (χ1v) is 23.4. The maximum absolute atomic E-state index is 14.3. The van der Waals surface area contributed by atoms with Crippen molar-refractivity contribution in [3.05, 3.63) is 12.1 Å². The van der Waals surface area contributed by atoms with Crippen LogP contribution in [0.4, 0.5) is 0 Å². The molecular formula is C50H82N4O8. The van der Waals surface area contributed by atoms with Crippen LogP contribution in [0.25, 0.3) is 0 Å². The van der Waals surface area contributed by atoms with E-state index in [1.807, 2.05) is 0 Å². The van der Waals surface area contributed by atoms with E-state index in [1.54, 1.807) is 0 Å². The highest BCUT2D eigenvalue weighted by Gasteiger charge is 2.43. The van der Waals surface area contributed by atoms with Gasteiger partial charge >= 0.3 is 23.9 Å². The van der Waals surface area contributed by atoms with Crippen LogP contribution in [0.5, 0.6) is 23.0 Å². The lowest BCUT2D eigenvalue weighted by molar-refractivity contribution is -0.143. The zero-order valence-electron chi connectivity index (χ0n) is 41.2. The number of ether oxygens (including phenoxy) is 4. The predicted octanol–water partition coefficient (Wildman–Crippen LogP) is 9.10. The van der Waals surface area contributed by atoms with Gasteiger partial charge in [0.15, 0.2) is 23.0 Å². The second-order valence-electron chi connectivity index (χ2n) is 24.8. The van der Waals surface area contributed by atoms with E-state index in [9.17, 15) is 19.2 Å². The third-order valence-corrected chi connectivity index (χ3v) is 13.4. The molecule has 4 aliphatic rings. The first kappa shape index (κ1) is 49.9. The number of carbonyl (C=O) groups excluding carboxylic acids is 4. The molecule has 62 heavy (non-hydrogen) atoms. The van der Waals surface area contributed by atoms with E-state index >= 15 is 0 Å². The molecule has 0 amide bonds. The van der Waals surface area contributed by atoms with Crippen molar-refractivity contribution < 1.29 is 38.1 Å². The van der Waals surface area contributed by atoms with E-state index in [2.05, 4.69) is 132 Å². The minimum absolute atomic E-state index is 0.0721. The van der Waals surface area contributed by atoms with Crippen molar-refractivity contribution in [2.24, 2.45) is 23.7 Å². The highest BCUT2D eigenvalue weighted by Crippen LogP contribution is 2.44. The van der Waals surface area contributed by atoms with Crippen LogP contribution in [-0.4, -0.2) is 68.2 Å². The third kappa shape index (κ3) is 14.0. The summed E-state index contributed by atoms with van der Waals surface area (Å²) in [5.41, 5.74) is -2.24. The summed E-state index contributed by atoms with van der Waals surface area (Å²) in [7, 11) is 0. The zero-order valence-corrected chi connectivity index (χ0v) is 41.2. The molecule has 4 aliphatic heterocycles. The Hall–Kier alpha value is -3.06. The maximum Gasteiger partial charge on any atom is 0.314 e. The molecule has 1 aromatic rings. The highest BCUT2D eigenvalue weighted by molar-refractivity contribution is 5.83. The standard InChI is InChI=1S/C50H82N4O8/c1-43(2)21-17-31(27-47(9,10)51-43)39(55)59-35-25-37(61-41(57)33-19-23-45(5,6)53-49(13,14)29-33)38(62-42(58)34-20-24-46(7,8)54-50(15,16)30-34)26-36(35)60-40(56)32-18-22-44(3,4)52-48(11,12)28-32/h25-26,31-34,51-54H,17-24,27-30H2,1-16H3. The van der Waals surface area contributed by atoms with Gasteiger partial charge < -0.3 is 40.2 Å². The van der Waals surface area contributed by atoms with Crippen molar-refractivity contribution in [3.63, 3.8) is 0 Å². The second kappa shape index (κ2) is 17.7. The van der Waals surface area contributed by atoms with E-state index in [0.29, 0.717) is 51.4 Å². The van der Waals surface area contributed by atoms with E-state index in [1.165, 1.54) is 12.1 Å². The van der Waals surface area contributed by atoms with Gasteiger partial charge in [-0.05, 0) is 188 Å². The molecule has 12 heteroatoms. The number of hydrogen-bond donors (Lipinski definition) is 4. The Kier molecular flexibility index (Phi) is 14.3. The number of hydrogen-bond acceptors (Lipinski definition) is 12. The number of carbonyl (C=O) groups is 4. The van der Waals surface area contributed by atoms with Gasteiger partial charge in [-0.2, -0.15) is 0 Å². The molecule has 4 unspecified atom stereocenters. The Labute approximate surface area is 373 Å². The molecule has 12 nitrogen and oxygen atoms in total. The van der Waals surface area contributed by atoms with Gasteiger partial charge in [0.25, 0.3) is 0 Å². The Morgan fingerprint density at radius 2 is 0.532 bits per heavy atom. The SMILES string of the molecule is CC1(C)CCC(C(=O)Oc2cc(OC(=O)C3CCC(C)(C)NC(C)(C)C3)c(OC(=O)C3CCC(C)(C)NC(C)(C)C3)cc2OC(=O)C2CCC(C)(C)NC(C)(C)C2)CC(C)(C)N1. The van der Waals surface area contributed by atoms with Gasteiger partial charge in [0.2, 0.25) is 0 Å². The Morgan fingerprint density at radius 1 is 0.355 bits per heavy atom. The average molecular weight is 867 g/mol. The Bertz CT molecular complexity index is 1580. The van der Waals surface area contributed by atoms with Crippen LogP contribution >= 0.6 is 0 Å². The summed E-state index contributed by atoms with van der Waals surface area (Å²) in [6, 6.07) is 2.80. The number of rotatable bonds is 8. The Balaban J connectivity index is 1.58. The molecule has 5 rings (SSSR count). The van der Waals surface area contributed by atoms with Crippen LogP contribution < -0.4 is 40.2 Å². The van der Waals surface area contributed by atoms with Gasteiger partial charge in [0, 0.05) is 56.4 Å². The van der Waals surface area contributed by atoms with Crippen LogP contribution in [0.1, 0.15) is 188 Å². The van der Waals surface area contributed by atoms with Gasteiger partial charge in [0.05, 0.1) is 23.7 Å². The Morgan fingerprint density at radius 3 is 0.710 bits per heavy atom. The number of benzene rings is 1. The van der Waals surface area contributed by atoms with Crippen LogP contribution in [0.15, 0.2) is 12.1 Å². The molecule has 4 heterocycles. The molecular weight excluding hydrogens is 785 g/mol. The third-order valence-electron chi connectivity index (χ3n) is 13.4. The summed E-state index contributed by atoms with van der Waals surface area (Å²) in [6.45, 7) is 33.7. The van der Waals surface area contributed by atoms with Crippen molar-refractivity contribution in [2.45, 2.75) is 232 Å². The van der Waals surface area contributed by atoms with Crippen molar-refractivity contribution in [2.75, 3.05) is 0 Å². The molecule has 0 bridgehead atoms. The second-order valence-corrected chi connectivity index (χ2v) is 24.8. The van der Waals surface area contributed by atoms with Crippen molar-refractivity contribution in [1.82, 2.24) is 21.3 Å². The van der Waals surface area contributed by atoms with Gasteiger partial charge in [-0.1, -0.05) is 0 Å². The van der Waals surface area contributed by atoms with Crippen LogP contribution in [-0.2, 0) is 19.2 Å². The van der Waals surface area contributed by atoms with E-state index < -0.39 is 47.5 Å². The fourth-order valence-electron chi connectivity index (χ4n) is 11.5. The minimum Gasteiger partial charge on any atom is -0.422 e. The largest absolute Gasteiger partial charge is 0.422 e. The quantitative estimate of drug-likeness (QED) is 0.146. The molecule has 1 aromatic carbocycles. The minimum atomic E-state index is -0.479. The summed E-state index contributed by atoms with van der Waals surface area (Å²) < 4.78 is 25.1. The lowest BCUT2D eigenvalue weighted by Gasteiger charge is -2.34. The zero-order chi connectivity index (χ0) is 46.5. The first-order chi connectivity index (χ1) is 28.1. The molecule has 0 aromatic heterocycles. The summed E-state index contributed by atoms with van der Waals surface area (Å²) in [5, 5.41) is 14.7. The lowest BCUT2D eigenvalue weighted by atomic mass is 9.89. The molecule has 4 saturated heterocycles. The molecule has 350 valence electrons. The van der Waals surface area contributed by atoms with E-state index in [-0.39, 0.29) is 67.3 Å². The molecule has 4 N–H and O–H groups in total. The highest BCUT2D eigenvalue weighted by atomic mass is 16.6. The maximum atomic E-state index is 14.3. The van der Waals surface area contributed by atoms with Crippen molar-refractivity contribution in [3.8, 4) is 23.0 Å². The molecule has 4 atom stereocenters. The summed E-state index contributed by atoms with van der Waals surface area (Å²) in [6.07, 6.45) is 7.38. The normalized spacial score (nSPS) is 29.5. The smallest absolute Gasteiger partial charge is 0.314 e. The topological polar surface area (TPSA) is 153 Å². The molecule has 0 saturated carbocycles. The molecule has 4 fully saturated rings. The van der Waals surface area contributed by atoms with Crippen molar-refractivity contribution >= 4 is 23.9 Å². The van der Waals surface area contributed by atoms with Gasteiger partial charge in [-0.3, -0.25) is 19.2 Å².